The van der Waals surface area contributed by atoms with Gasteiger partial charge >= 0.3 is 0 Å². The zero-order valence-corrected chi connectivity index (χ0v) is 12.6. The van der Waals surface area contributed by atoms with Crippen molar-refractivity contribution in [3.63, 3.8) is 0 Å². The molecule has 0 spiro atoms. The summed E-state index contributed by atoms with van der Waals surface area (Å²) in [6, 6.07) is 0.352. The van der Waals surface area contributed by atoms with E-state index >= 15 is 0 Å². The Labute approximate surface area is 121 Å². The highest BCUT2D eigenvalue weighted by molar-refractivity contribution is 5.95. The van der Waals surface area contributed by atoms with Gasteiger partial charge in [0.2, 0.25) is 0 Å². The van der Waals surface area contributed by atoms with Crippen LogP contribution >= 0.6 is 0 Å². The van der Waals surface area contributed by atoms with Crippen LogP contribution in [0.2, 0.25) is 0 Å². The lowest BCUT2D eigenvalue weighted by atomic mass is 9.93. The standard InChI is InChI=1S/C15H26N4O/c1-3-14-13(11-18(2)17-14)15(20)19(10-9-16)12-7-5-4-6-8-12/h11-12H,3-10,16H2,1-2H3. The Balaban J connectivity index is 2.20. The third-order valence-corrected chi connectivity index (χ3v) is 4.12. The highest BCUT2D eigenvalue weighted by Gasteiger charge is 2.27. The number of aromatic nitrogens is 2. The van der Waals surface area contributed by atoms with Gasteiger partial charge in [0.15, 0.2) is 0 Å². The van der Waals surface area contributed by atoms with Crippen LogP contribution in [0.1, 0.15) is 55.1 Å². The maximum Gasteiger partial charge on any atom is 0.257 e. The molecule has 5 heteroatoms. The Morgan fingerprint density at radius 1 is 1.45 bits per heavy atom. The Hall–Kier alpha value is -1.36. The summed E-state index contributed by atoms with van der Waals surface area (Å²) in [5.41, 5.74) is 7.34. The highest BCUT2D eigenvalue weighted by atomic mass is 16.2. The van der Waals surface area contributed by atoms with Gasteiger partial charge in [-0.2, -0.15) is 5.10 Å². The molecular formula is C15H26N4O. The van der Waals surface area contributed by atoms with Crippen LogP contribution in [0.15, 0.2) is 6.20 Å². The molecule has 1 saturated carbocycles. The van der Waals surface area contributed by atoms with E-state index in [9.17, 15) is 4.79 Å². The number of carbonyl (C=O) groups is 1. The third kappa shape index (κ3) is 3.20. The fourth-order valence-electron chi connectivity index (χ4n) is 3.11. The van der Waals surface area contributed by atoms with E-state index in [-0.39, 0.29) is 5.91 Å². The second-order valence-electron chi connectivity index (χ2n) is 5.60. The summed E-state index contributed by atoms with van der Waals surface area (Å²) in [7, 11) is 1.86. The van der Waals surface area contributed by atoms with Crippen molar-refractivity contribution in [3.8, 4) is 0 Å². The molecular weight excluding hydrogens is 252 g/mol. The molecule has 1 fully saturated rings. The number of hydrogen-bond acceptors (Lipinski definition) is 3. The second kappa shape index (κ2) is 6.88. The molecule has 112 valence electrons. The molecule has 1 aromatic heterocycles. The van der Waals surface area contributed by atoms with Crippen molar-refractivity contribution in [3.05, 3.63) is 17.5 Å². The van der Waals surface area contributed by atoms with Crippen molar-refractivity contribution in [1.82, 2.24) is 14.7 Å². The average Bonchev–Trinajstić information content (AvgIpc) is 2.86. The number of carbonyl (C=O) groups excluding carboxylic acids is 1. The summed E-state index contributed by atoms with van der Waals surface area (Å²) in [4.78, 5) is 14.8. The van der Waals surface area contributed by atoms with Crippen LogP contribution < -0.4 is 5.73 Å². The van der Waals surface area contributed by atoms with Gasteiger partial charge < -0.3 is 10.6 Å². The number of nitrogens with two attached hydrogens (primary N) is 1. The zero-order chi connectivity index (χ0) is 14.5. The summed E-state index contributed by atoms with van der Waals surface area (Å²) in [5.74, 6) is 0.104. The molecule has 1 heterocycles. The Bertz CT molecular complexity index is 449. The minimum absolute atomic E-state index is 0.104. The van der Waals surface area contributed by atoms with Gasteiger partial charge in [-0.3, -0.25) is 9.48 Å². The summed E-state index contributed by atoms with van der Waals surface area (Å²) < 4.78 is 1.73. The Morgan fingerprint density at radius 3 is 2.75 bits per heavy atom. The number of rotatable bonds is 5. The van der Waals surface area contributed by atoms with Gasteiger partial charge in [0, 0.05) is 32.4 Å². The first kappa shape index (κ1) is 15.0. The van der Waals surface area contributed by atoms with Crippen molar-refractivity contribution in [2.24, 2.45) is 12.8 Å². The average molecular weight is 278 g/mol. The summed E-state index contributed by atoms with van der Waals surface area (Å²) in [5, 5.41) is 4.38. The van der Waals surface area contributed by atoms with Gasteiger partial charge in [-0.15, -0.1) is 0 Å². The molecule has 0 unspecified atom stereocenters. The van der Waals surface area contributed by atoms with Crippen LogP contribution in [-0.4, -0.2) is 39.7 Å². The smallest absolute Gasteiger partial charge is 0.257 e. The molecule has 0 aromatic carbocycles. The van der Waals surface area contributed by atoms with E-state index < -0.39 is 0 Å². The number of hydrogen-bond donors (Lipinski definition) is 1. The van der Waals surface area contributed by atoms with E-state index in [4.69, 9.17) is 5.73 Å². The van der Waals surface area contributed by atoms with Gasteiger partial charge in [0.1, 0.15) is 0 Å². The molecule has 1 aliphatic rings. The molecule has 5 nitrogen and oxygen atoms in total. The molecule has 0 aliphatic heterocycles. The summed E-state index contributed by atoms with van der Waals surface area (Å²) >= 11 is 0. The van der Waals surface area contributed by atoms with Gasteiger partial charge in [0.05, 0.1) is 11.3 Å². The minimum atomic E-state index is 0.104. The van der Waals surface area contributed by atoms with Crippen molar-refractivity contribution in [1.29, 1.82) is 0 Å². The SMILES string of the molecule is CCc1nn(C)cc1C(=O)N(CCN)C1CCCCC1. The van der Waals surface area contributed by atoms with Gasteiger partial charge in [-0.25, -0.2) is 0 Å². The van der Waals surface area contributed by atoms with E-state index in [0.29, 0.717) is 19.1 Å². The van der Waals surface area contributed by atoms with Crippen LogP contribution in [0.3, 0.4) is 0 Å². The first-order valence-electron chi connectivity index (χ1n) is 7.71. The lowest BCUT2D eigenvalue weighted by Crippen LogP contribution is -2.44. The fourth-order valence-corrected chi connectivity index (χ4v) is 3.11. The van der Waals surface area contributed by atoms with E-state index in [1.165, 1.54) is 19.3 Å². The lowest BCUT2D eigenvalue weighted by Gasteiger charge is -2.34. The zero-order valence-electron chi connectivity index (χ0n) is 12.6. The summed E-state index contributed by atoms with van der Waals surface area (Å²) in [6.07, 6.45) is 8.55. The molecule has 0 bridgehead atoms. The topological polar surface area (TPSA) is 64.2 Å². The van der Waals surface area contributed by atoms with Crippen LogP contribution in [0.4, 0.5) is 0 Å². The molecule has 0 radical (unpaired) electrons. The third-order valence-electron chi connectivity index (χ3n) is 4.12. The molecule has 20 heavy (non-hydrogen) atoms. The quantitative estimate of drug-likeness (QED) is 0.892. The first-order valence-corrected chi connectivity index (χ1v) is 7.71. The monoisotopic (exact) mass is 278 g/mol. The minimum Gasteiger partial charge on any atom is -0.334 e. The van der Waals surface area contributed by atoms with E-state index in [1.807, 2.05) is 25.1 Å². The van der Waals surface area contributed by atoms with Crippen molar-refractivity contribution in [2.75, 3.05) is 13.1 Å². The molecule has 2 N–H and O–H groups in total. The van der Waals surface area contributed by atoms with Crippen molar-refractivity contribution >= 4 is 5.91 Å². The molecule has 0 saturated heterocycles. The number of aryl methyl sites for hydroxylation is 2. The van der Waals surface area contributed by atoms with Crippen molar-refractivity contribution in [2.45, 2.75) is 51.5 Å². The van der Waals surface area contributed by atoms with Crippen LogP contribution in [0.25, 0.3) is 0 Å². The normalized spacial score (nSPS) is 16.4. The van der Waals surface area contributed by atoms with Crippen LogP contribution in [0.5, 0.6) is 0 Å². The maximum absolute atomic E-state index is 12.8. The Kier molecular flexibility index (Phi) is 5.17. The van der Waals surface area contributed by atoms with Crippen LogP contribution in [0, 0.1) is 0 Å². The van der Waals surface area contributed by atoms with Gasteiger partial charge in [-0.05, 0) is 19.3 Å². The molecule has 2 rings (SSSR count). The van der Waals surface area contributed by atoms with Gasteiger partial charge in [0.25, 0.3) is 5.91 Å². The van der Waals surface area contributed by atoms with E-state index in [1.54, 1.807) is 4.68 Å². The number of nitrogens with zero attached hydrogens (tertiary/aromatic N) is 3. The summed E-state index contributed by atoms with van der Waals surface area (Å²) in [6.45, 7) is 3.19. The largest absolute Gasteiger partial charge is 0.334 e. The lowest BCUT2D eigenvalue weighted by molar-refractivity contribution is 0.0640. The van der Waals surface area contributed by atoms with Crippen LogP contribution in [-0.2, 0) is 13.5 Å². The Morgan fingerprint density at radius 2 is 2.15 bits per heavy atom. The number of amides is 1. The van der Waals surface area contributed by atoms with E-state index in [2.05, 4.69) is 5.10 Å². The predicted molar refractivity (Wildman–Crippen MR) is 79.5 cm³/mol. The molecule has 0 atom stereocenters. The second-order valence-corrected chi connectivity index (χ2v) is 5.60. The van der Waals surface area contributed by atoms with E-state index in [0.717, 1.165) is 30.5 Å². The first-order chi connectivity index (χ1) is 9.67. The molecule has 1 aliphatic carbocycles. The predicted octanol–water partition coefficient (Wildman–Crippen LogP) is 1.72. The van der Waals surface area contributed by atoms with Gasteiger partial charge in [-0.1, -0.05) is 26.2 Å². The highest BCUT2D eigenvalue weighted by Crippen LogP contribution is 2.24. The fraction of sp³-hybridized carbons (Fsp3) is 0.733. The molecule has 1 amide bonds. The molecule has 1 aromatic rings. The maximum atomic E-state index is 12.8. The van der Waals surface area contributed by atoms with Crippen molar-refractivity contribution < 1.29 is 4.79 Å².